The maximum absolute atomic E-state index is 13.1. The number of unbranched alkanes of at least 4 members (excludes halogenated alkanes) is 1. The van der Waals surface area contributed by atoms with E-state index in [1.54, 1.807) is 6.07 Å². The molecule has 0 unspecified atom stereocenters. The van der Waals surface area contributed by atoms with Crippen LogP contribution in [0, 0.1) is 31.2 Å². The third-order valence-electron chi connectivity index (χ3n) is 5.08. The van der Waals surface area contributed by atoms with Crippen molar-refractivity contribution in [2.75, 3.05) is 11.9 Å². The number of hydrogen-bond donors (Lipinski definition) is 1. The fourth-order valence-electron chi connectivity index (χ4n) is 3.31. The van der Waals surface area contributed by atoms with Gasteiger partial charge < -0.3 is 20.5 Å². The third kappa shape index (κ3) is 4.42. The second-order valence-electron chi connectivity index (χ2n) is 7.49. The summed E-state index contributed by atoms with van der Waals surface area (Å²) in [5, 5.41) is 28.5. The summed E-state index contributed by atoms with van der Waals surface area (Å²) in [5.41, 5.74) is 2.14. The molecule has 0 fully saturated rings. The molecule has 31 heavy (non-hydrogen) atoms. The van der Waals surface area contributed by atoms with Gasteiger partial charge in [0, 0.05) is 24.7 Å². The fraction of sp³-hybridized carbons (Fsp3) is 0.304. The van der Waals surface area contributed by atoms with Gasteiger partial charge in [-0.3, -0.25) is 4.79 Å². The molecule has 3 aromatic rings. The maximum Gasteiger partial charge on any atom is 0.351 e. The minimum Gasteiger partial charge on any atom is -0.618 e. The lowest BCUT2D eigenvalue weighted by Crippen LogP contribution is -2.47. The van der Waals surface area contributed by atoms with Crippen molar-refractivity contribution in [3.8, 4) is 0 Å². The molecular formula is C23H25N3O5. The fourth-order valence-corrected chi connectivity index (χ4v) is 3.31. The van der Waals surface area contributed by atoms with Crippen molar-refractivity contribution in [1.82, 2.24) is 0 Å². The number of anilines is 1. The standard InChI is InChI=1S/C23H25N3O5/c1-5-6-11-31-23(28)17-8-10-19-20(13-17)26(30)21(16(4)25(19)29)22(27)24-18-9-7-14(2)12-15(18)3/h7-10,12-13H,5-6,11H2,1-4H3,(H,24,27). The van der Waals surface area contributed by atoms with Crippen LogP contribution in [0.2, 0.25) is 0 Å². The molecule has 8 nitrogen and oxygen atoms in total. The number of rotatable bonds is 6. The number of nitrogens with one attached hydrogen (secondary N) is 1. The number of carbonyl (C=O) groups excluding carboxylic acids is 2. The number of nitrogens with zero attached hydrogens (tertiary/aromatic N) is 2. The van der Waals surface area contributed by atoms with Gasteiger partial charge in [0.25, 0.3) is 16.7 Å². The summed E-state index contributed by atoms with van der Waals surface area (Å²) in [6.45, 7) is 7.42. The van der Waals surface area contributed by atoms with Crippen molar-refractivity contribution >= 4 is 28.6 Å². The largest absolute Gasteiger partial charge is 0.618 e. The van der Waals surface area contributed by atoms with E-state index in [9.17, 15) is 20.0 Å². The number of esters is 1. The number of amides is 1. The number of ether oxygens (including phenoxy) is 1. The number of aromatic nitrogens is 2. The molecule has 1 N–H and O–H groups in total. The molecule has 0 radical (unpaired) electrons. The molecule has 0 bridgehead atoms. The Balaban J connectivity index is 2.02. The predicted octanol–water partition coefficient (Wildman–Crippen LogP) is 3.24. The summed E-state index contributed by atoms with van der Waals surface area (Å²) in [6, 6.07) is 9.57. The van der Waals surface area contributed by atoms with E-state index in [0.717, 1.165) is 24.0 Å². The Hall–Kier alpha value is -3.68. The zero-order chi connectivity index (χ0) is 22.7. The topological polar surface area (TPSA) is 109 Å². The van der Waals surface area contributed by atoms with E-state index >= 15 is 0 Å². The van der Waals surface area contributed by atoms with E-state index in [4.69, 9.17) is 4.74 Å². The lowest BCUT2D eigenvalue weighted by molar-refractivity contribution is -0.635. The van der Waals surface area contributed by atoms with Crippen LogP contribution in [0.1, 0.15) is 57.4 Å². The van der Waals surface area contributed by atoms with Gasteiger partial charge >= 0.3 is 17.6 Å². The minimum absolute atomic E-state index is 0.0389. The second kappa shape index (κ2) is 8.99. The minimum atomic E-state index is -0.707. The van der Waals surface area contributed by atoms with Gasteiger partial charge in [0.2, 0.25) is 0 Å². The van der Waals surface area contributed by atoms with Crippen LogP contribution in [0.4, 0.5) is 5.69 Å². The Labute approximate surface area is 180 Å². The van der Waals surface area contributed by atoms with Crippen molar-refractivity contribution in [3.63, 3.8) is 0 Å². The molecular weight excluding hydrogens is 398 g/mol. The Morgan fingerprint density at radius 3 is 2.42 bits per heavy atom. The summed E-state index contributed by atoms with van der Waals surface area (Å²) < 4.78 is 6.09. The zero-order valence-electron chi connectivity index (χ0n) is 18.0. The van der Waals surface area contributed by atoms with Crippen molar-refractivity contribution in [3.05, 3.63) is 74.9 Å². The summed E-state index contributed by atoms with van der Waals surface area (Å²) in [4.78, 5) is 25.2. The van der Waals surface area contributed by atoms with Gasteiger partial charge in [-0.05, 0) is 38.0 Å². The molecule has 0 saturated carbocycles. The van der Waals surface area contributed by atoms with Crippen LogP contribution in [0.3, 0.4) is 0 Å². The average molecular weight is 423 g/mol. The van der Waals surface area contributed by atoms with Crippen LogP contribution >= 0.6 is 0 Å². The van der Waals surface area contributed by atoms with Crippen LogP contribution in [-0.2, 0) is 4.74 Å². The molecule has 0 atom stereocenters. The first-order valence-corrected chi connectivity index (χ1v) is 10.1. The molecule has 0 aliphatic heterocycles. The molecule has 1 aromatic heterocycles. The quantitative estimate of drug-likeness (QED) is 0.283. The van der Waals surface area contributed by atoms with Gasteiger partial charge in [0.15, 0.2) is 0 Å². The summed E-state index contributed by atoms with van der Waals surface area (Å²) in [6.07, 6.45) is 1.60. The Kier molecular flexibility index (Phi) is 6.39. The lowest BCUT2D eigenvalue weighted by Gasteiger charge is -2.13. The lowest BCUT2D eigenvalue weighted by atomic mass is 10.1. The van der Waals surface area contributed by atoms with Crippen molar-refractivity contribution in [2.45, 2.75) is 40.5 Å². The highest BCUT2D eigenvalue weighted by Crippen LogP contribution is 2.18. The van der Waals surface area contributed by atoms with Gasteiger partial charge in [0.1, 0.15) is 0 Å². The van der Waals surface area contributed by atoms with Crippen molar-refractivity contribution in [1.29, 1.82) is 0 Å². The molecule has 162 valence electrons. The van der Waals surface area contributed by atoms with Gasteiger partial charge in [-0.15, -0.1) is 4.73 Å². The molecule has 0 saturated heterocycles. The number of hydrogen-bond acceptors (Lipinski definition) is 5. The van der Waals surface area contributed by atoms with Crippen molar-refractivity contribution in [2.24, 2.45) is 0 Å². The van der Waals surface area contributed by atoms with E-state index in [1.165, 1.54) is 25.1 Å². The highest BCUT2D eigenvalue weighted by atomic mass is 16.5. The molecule has 2 aromatic carbocycles. The van der Waals surface area contributed by atoms with Gasteiger partial charge in [-0.1, -0.05) is 31.0 Å². The van der Waals surface area contributed by atoms with Crippen LogP contribution < -0.4 is 14.8 Å². The molecule has 0 spiro atoms. The Morgan fingerprint density at radius 2 is 1.74 bits per heavy atom. The van der Waals surface area contributed by atoms with E-state index in [2.05, 4.69) is 5.32 Å². The first kappa shape index (κ1) is 22.0. The van der Waals surface area contributed by atoms with Crippen LogP contribution in [0.25, 0.3) is 11.0 Å². The van der Waals surface area contributed by atoms with E-state index in [1.807, 2.05) is 32.9 Å². The normalized spacial score (nSPS) is 10.8. The van der Waals surface area contributed by atoms with Crippen LogP contribution in [0.15, 0.2) is 36.4 Å². The molecule has 1 heterocycles. The van der Waals surface area contributed by atoms with E-state index in [0.29, 0.717) is 15.1 Å². The van der Waals surface area contributed by atoms with Gasteiger partial charge in [0.05, 0.1) is 12.2 Å². The first-order chi connectivity index (χ1) is 14.7. The molecule has 3 rings (SSSR count). The number of carbonyl (C=O) groups is 2. The highest BCUT2D eigenvalue weighted by molar-refractivity contribution is 6.03. The molecule has 8 heteroatoms. The number of fused-ring (bicyclic) bond motifs is 1. The molecule has 0 aliphatic carbocycles. The number of aryl methyl sites for hydroxylation is 2. The van der Waals surface area contributed by atoms with Crippen LogP contribution in [0.5, 0.6) is 0 Å². The number of benzene rings is 2. The summed E-state index contributed by atoms with van der Waals surface area (Å²) in [5.74, 6) is -1.29. The SMILES string of the molecule is CCCCOC(=O)c1ccc2c(c1)[n+]([O-])c(C(=O)Nc1ccc(C)cc1C)c(C)[n+]2[O-]. The highest BCUT2D eigenvalue weighted by Gasteiger charge is 2.31. The van der Waals surface area contributed by atoms with Crippen LogP contribution in [-0.4, -0.2) is 18.5 Å². The average Bonchev–Trinajstić information content (AvgIpc) is 2.74. The smallest absolute Gasteiger partial charge is 0.351 e. The second-order valence-corrected chi connectivity index (χ2v) is 7.49. The Bertz CT molecular complexity index is 1170. The van der Waals surface area contributed by atoms with Gasteiger partial charge in [-0.25, -0.2) is 4.79 Å². The zero-order valence-corrected chi connectivity index (χ0v) is 18.0. The molecule has 1 amide bonds. The maximum atomic E-state index is 13.1. The van der Waals surface area contributed by atoms with E-state index < -0.39 is 11.9 Å². The first-order valence-electron chi connectivity index (χ1n) is 10.1. The third-order valence-corrected chi connectivity index (χ3v) is 5.08. The van der Waals surface area contributed by atoms with E-state index in [-0.39, 0.29) is 34.6 Å². The van der Waals surface area contributed by atoms with Crippen molar-refractivity contribution < 1.29 is 23.8 Å². The monoisotopic (exact) mass is 423 g/mol. The summed E-state index contributed by atoms with van der Waals surface area (Å²) >= 11 is 0. The predicted molar refractivity (Wildman–Crippen MR) is 116 cm³/mol. The molecule has 0 aliphatic rings. The summed E-state index contributed by atoms with van der Waals surface area (Å²) in [7, 11) is 0. The van der Waals surface area contributed by atoms with Gasteiger partial charge in [-0.2, -0.15) is 4.73 Å². The Morgan fingerprint density at radius 1 is 1.00 bits per heavy atom.